The lowest BCUT2D eigenvalue weighted by atomic mass is 9.94. The first-order chi connectivity index (χ1) is 20.4. The van der Waals surface area contributed by atoms with E-state index in [2.05, 4.69) is 10.6 Å². The number of rotatable bonds is 11. The number of ether oxygens (including phenoxy) is 1. The van der Waals surface area contributed by atoms with Crippen molar-refractivity contribution in [2.24, 2.45) is 29.1 Å². The van der Waals surface area contributed by atoms with Crippen LogP contribution in [-0.4, -0.2) is 78.3 Å². The highest BCUT2D eigenvalue weighted by atomic mass is 19.4. The predicted octanol–water partition coefficient (Wildman–Crippen LogP) is 2.11. The molecule has 2 heterocycles. The van der Waals surface area contributed by atoms with Gasteiger partial charge in [-0.1, -0.05) is 27.7 Å². The monoisotopic (exact) mass is 630 g/mol. The molecule has 2 aliphatic heterocycles. The summed E-state index contributed by atoms with van der Waals surface area (Å²) in [6.07, 6.45) is -4.99. The maximum atomic E-state index is 14.1. The number of nitrogens with one attached hydrogen (secondary N) is 3. The van der Waals surface area contributed by atoms with Crippen molar-refractivity contribution in [2.45, 2.75) is 64.8 Å². The van der Waals surface area contributed by atoms with E-state index in [4.69, 9.17) is 4.74 Å². The van der Waals surface area contributed by atoms with E-state index in [-0.39, 0.29) is 30.7 Å². The normalized spacial score (nSPS) is 25.1. The Kier molecular flexibility index (Phi) is 9.27. The van der Waals surface area contributed by atoms with Crippen LogP contribution in [0.4, 0.5) is 22.0 Å². The number of Topliss-reactive ketones (excluding diaryl/α,β-unsaturated/α-hetero) is 1. The molecule has 242 valence electrons. The van der Waals surface area contributed by atoms with E-state index >= 15 is 0 Å². The van der Waals surface area contributed by atoms with Gasteiger partial charge in [0, 0.05) is 25.1 Å². The summed E-state index contributed by atoms with van der Waals surface area (Å²) in [6, 6.07) is -1.64. The lowest BCUT2D eigenvalue weighted by Gasteiger charge is -2.35. The van der Waals surface area contributed by atoms with Gasteiger partial charge in [0.25, 0.3) is 0 Å². The summed E-state index contributed by atoms with van der Waals surface area (Å²) in [6.45, 7) is 6.29. The molecule has 6 atom stereocenters. The van der Waals surface area contributed by atoms with Gasteiger partial charge in [0.2, 0.25) is 17.7 Å². The molecule has 4 amide bonds. The number of carbonyl (C=O) groups excluding carboxylic acids is 5. The molecule has 0 spiro atoms. The second-order valence-electron chi connectivity index (χ2n) is 12.5. The lowest BCUT2D eigenvalue weighted by Crippen LogP contribution is -2.59. The van der Waals surface area contributed by atoms with Gasteiger partial charge in [-0.15, -0.1) is 0 Å². The van der Waals surface area contributed by atoms with Crippen molar-refractivity contribution < 1.29 is 50.7 Å². The number of halogens is 5. The van der Waals surface area contributed by atoms with Crippen molar-refractivity contribution >= 4 is 29.4 Å². The summed E-state index contributed by atoms with van der Waals surface area (Å²) in [7, 11) is 0. The molecule has 3 aliphatic rings. The molecule has 2 saturated heterocycles. The smallest absolute Gasteiger partial charge is 0.471 e. The number of likely N-dealkylation sites (tertiary alicyclic amines) is 1. The molecule has 0 bridgehead atoms. The molecule has 1 aromatic carbocycles. The molecule has 1 aliphatic carbocycles. The molecule has 0 radical (unpaired) electrons. The van der Waals surface area contributed by atoms with Gasteiger partial charge in [-0.3, -0.25) is 24.0 Å². The van der Waals surface area contributed by atoms with Crippen molar-refractivity contribution in [3.63, 3.8) is 0 Å². The first-order valence-electron chi connectivity index (χ1n) is 14.3. The van der Waals surface area contributed by atoms with Gasteiger partial charge in [-0.2, -0.15) is 13.2 Å². The van der Waals surface area contributed by atoms with Crippen LogP contribution in [0.3, 0.4) is 0 Å². The second kappa shape index (κ2) is 12.3. The van der Waals surface area contributed by atoms with Gasteiger partial charge in [-0.05, 0) is 48.1 Å². The van der Waals surface area contributed by atoms with Crippen LogP contribution in [-0.2, 0) is 24.0 Å². The van der Waals surface area contributed by atoms with Crippen LogP contribution in [0.25, 0.3) is 0 Å². The number of hydrogen-bond acceptors (Lipinski definition) is 6. The van der Waals surface area contributed by atoms with Gasteiger partial charge in [0.15, 0.2) is 17.3 Å². The fourth-order valence-electron chi connectivity index (χ4n) is 6.25. The zero-order valence-electron chi connectivity index (χ0n) is 24.6. The van der Waals surface area contributed by atoms with E-state index in [1.54, 1.807) is 5.32 Å². The molecule has 0 unspecified atom stereocenters. The van der Waals surface area contributed by atoms with Crippen molar-refractivity contribution in [3.05, 3.63) is 29.8 Å². The Morgan fingerprint density at radius 3 is 2.41 bits per heavy atom. The Morgan fingerprint density at radius 1 is 1.14 bits per heavy atom. The number of benzene rings is 1. The van der Waals surface area contributed by atoms with E-state index in [9.17, 15) is 45.9 Å². The molecular weight excluding hydrogens is 595 g/mol. The van der Waals surface area contributed by atoms with Crippen molar-refractivity contribution in [3.8, 4) is 5.75 Å². The molecule has 10 nitrogen and oxygen atoms in total. The first-order valence-corrected chi connectivity index (χ1v) is 14.3. The number of carbonyl (C=O) groups is 5. The van der Waals surface area contributed by atoms with Crippen molar-refractivity contribution in [1.29, 1.82) is 0 Å². The Hall–Kier alpha value is -3.78. The van der Waals surface area contributed by atoms with Gasteiger partial charge in [0.05, 0.1) is 6.04 Å². The van der Waals surface area contributed by atoms with Crippen molar-refractivity contribution in [2.75, 3.05) is 19.7 Å². The van der Waals surface area contributed by atoms with Gasteiger partial charge < -0.3 is 25.6 Å². The van der Waals surface area contributed by atoms with Crippen LogP contribution in [0.1, 0.15) is 40.5 Å². The Bertz CT molecular complexity index is 1340. The molecular formula is C29H35F5N4O6. The largest absolute Gasteiger partial charge is 0.483 e. The number of ketones is 1. The van der Waals surface area contributed by atoms with Crippen LogP contribution >= 0.6 is 0 Å². The number of amides is 4. The first kappa shape index (κ1) is 33.1. The van der Waals surface area contributed by atoms with Crippen LogP contribution in [0.2, 0.25) is 0 Å². The molecule has 4 rings (SSSR count). The fraction of sp³-hybridized carbons (Fsp3) is 0.621. The van der Waals surface area contributed by atoms with Gasteiger partial charge in [-0.25, -0.2) is 8.78 Å². The molecule has 1 aromatic rings. The number of alkyl halides is 3. The lowest BCUT2D eigenvalue weighted by molar-refractivity contribution is -0.175. The van der Waals surface area contributed by atoms with Crippen LogP contribution in [0, 0.1) is 40.7 Å². The molecule has 15 heteroatoms. The zero-order valence-corrected chi connectivity index (χ0v) is 24.6. The van der Waals surface area contributed by atoms with E-state index < -0.39 is 89.0 Å². The number of hydrogen-bond donors (Lipinski definition) is 3. The third-order valence-electron chi connectivity index (χ3n) is 8.89. The number of piperidine rings is 1. The summed E-state index contributed by atoms with van der Waals surface area (Å²) in [5, 5.41) is 6.98. The average Bonchev–Trinajstić information content (AvgIpc) is 3.27. The summed E-state index contributed by atoms with van der Waals surface area (Å²) >= 11 is 0. The SMILES string of the molecule is CC(C)[C@H](NC(=O)C(F)(F)F)C(=O)N1C[C@H]2[C@@H]([C@H]1C(=O)N[C@@H](C[C@@H]1CCNC1=O)C(=O)COc1cc(F)ccc1F)C2(C)C. The predicted molar refractivity (Wildman–Crippen MR) is 144 cm³/mol. The van der Waals surface area contributed by atoms with Gasteiger partial charge in [0.1, 0.15) is 24.5 Å². The number of fused-ring (bicyclic) bond motifs is 1. The fourth-order valence-corrected chi connectivity index (χ4v) is 6.25. The van der Waals surface area contributed by atoms with Crippen LogP contribution < -0.4 is 20.7 Å². The maximum Gasteiger partial charge on any atom is 0.471 e. The minimum Gasteiger partial charge on any atom is -0.483 e. The molecule has 44 heavy (non-hydrogen) atoms. The number of nitrogens with zero attached hydrogens (tertiary/aromatic N) is 1. The summed E-state index contributed by atoms with van der Waals surface area (Å²) in [5.41, 5.74) is -0.399. The summed E-state index contributed by atoms with van der Waals surface area (Å²) in [4.78, 5) is 65.8. The highest BCUT2D eigenvalue weighted by Crippen LogP contribution is 2.65. The standard InChI is InChI=1S/C29H35F5N4O6/c1-13(2)22(37-27(43)29(32,33)34)26(42)38-11-16-21(28(16,3)4)23(38)25(41)36-18(9-14-7-8-35-24(14)40)19(39)12-44-20-10-15(30)5-6-17(20)31/h5-6,10,13-14,16,18,21-23H,7-9,11-12H2,1-4H3,(H,35,40)(H,36,41)(H,37,43)/t14-,16-,18-,21-,22-,23-/m0/s1. The minimum atomic E-state index is -5.23. The Labute approximate surface area is 250 Å². The summed E-state index contributed by atoms with van der Waals surface area (Å²) in [5.74, 6) is -9.22. The highest BCUT2D eigenvalue weighted by Gasteiger charge is 2.69. The summed E-state index contributed by atoms with van der Waals surface area (Å²) < 4.78 is 71.9. The zero-order chi connectivity index (χ0) is 32.7. The molecule has 3 N–H and O–H groups in total. The van der Waals surface area contributed by atoms with E-state index in [0.717, 1.165) is 23.1 Å². The van der Waals surface area contributed by atoms with Gasteiger partial charge >= 0.3 is 12.1 Å². The van der Waals surface area contributed by atoms with Crippen molar-refractivity contribution in [1.82, 2.24) is 20.9 Å². The van der Waals surface area contributed by atoms with Crippen LogP contribution in [0.5, 0.6) is 5.75 Å². The topological polar surface area (TPSA) is 134 Å². The Morgan fingerprint density at radius 2 is 1.82 bits per heavy atom. The van der Waals surface area contributed by atoms with Crippen LogP contribution in [0.15, 0.2) is 18.2 Å². The molecule has 0 aromatic heterocycles. The third kappa shape index (κ3) is 6.80. The van der Waals surface area contributed by atoms with E-state index in [1.807, 2.05) is 13.8 Å². The molecule has 3 fully saturated rings. The van der Waals surface area contributed by atoms with E-state index in [1.165, 1.54) is 13.8 Å². The Balaban J connectivity index is 1.55. The molecule has 1 saturated carbocycles. The van der Waals surface area contributed by atoms with E-state index in [0.29, 0.717) is 13.0 Å². The highest BCUT2D eigenvalue weighted by molar-refractivity contribution is 5.97. The quantitative estimate of drug-likeness (QED) is 0.321. The average molecular weight is 631 g/mol. The second-order valence-corrected chi connectivity index (χ2v) is 12.5. The maximum absolute atomic E-state index is 14.1. The minimum absolute atomic E-state index is 0.0469. The third-order valence-corrected chi connectivity index (χ3v) is 8.89.